The van der Waals surface area contributed by atoms with Crippen molar-refractivity contribution in [2.24, 2.45) is 5.92 Å². The monoisotopic (exact) mass is 368 g/mol. The van der Waals surface area contributed by atoms with Crippen molar-refractivity contribution in [1.82, 2.24) is 9.62 Å². The molecule has 1 fully saturated rings. The molecule has 0 saturated carbocycles. The van der Waals surface area contributed by atoms with Gasteiger partial charge in [-0.25, -0.2) is 8.42 Å². The first-order chi connectivity index (χ1) is 11.6. The predicted molar refractivity (Wildman–Crippen MR) is 95.4 cm³/mol. The van der Waals surface area contributed by atoms with Gasteiger partial charge in [0.05, 0.1) is 5.92 Å². The van der Waals surface area contributed by atoms with E-state index in [0.29, 0.717) is 17.3 Å². The second kappa shape index (κ2) is 7.80. The number of nitrogens with zero attached hydrogens (tertiary/aromatic N) is 1. The number of allylic oxidation sites excluding steroid dienone is 1. The minimum atomic E-state index is -3.46. The largest absolute Gasteiger partial charge is 0.352 e. The average molecular weight is 369 g/mol. The van der Waals surface area contributed by atoms with Crippen LogP contribution in [0.3, 0.4) is 0 Å². The fraction of sp³-hybridized carbons (Fsp3) is 0.588. The van der Waals surface area contributed by atoms with Gasteiger partial charge in [-0.05, 0) is 50.0 Å². The molecule has 2 heterocycles. The Balaban J connectivity index is 1.59. The Kier molecular flexibility index (Phi) is 5.73. The molecule has 7 heteroatoms. The fourth-order valence-corrected chi connectivity index (χ4v) is 5.99. The van der Waals surface area contributed by atoms with Crippen LogP contribution in [0.15, 0.2) is 33.4 Å². The number of rotatable bonds is 5. The Labute approximate surface area is 147 Å². The van der Waals surface area contributed by atoms with Crippen LogP contribution < -0.4 is 5.32 Å². The first kappa shape index (κ1) is 17.6. The number of amides is 1. The van der Waals surface area contributed by atoms with Gasteiger partial charge in [0.25, 0.3) is 10.0 Å². The summed E-state index contributed by atoms with van der Waals surface area (Å²) < 4.78 is 27.1. The van der Waals surface area contributed by atoms with Crippen molar-refractivity contribution in [2.75, 3.05) is 19.6 Å². The molecular weight excluding hydrogens is 344 g/mol. The number of thiophene rings is 1. The molecule has 0 unspecified atom stereocenters. The summed E-state index contributed by atoms with van der Waals surface area (Å²) >= 11 is 1.22. The van der Waals surface area contributed by atoms with Gasteiger partial charge in [-0.1, -0.05) is 17.7 Å². The third kappa shape index (κ3) is 4.07. The Morgan fingerprint density at radius 2 is 2.21 bits per heavy atom. The number of sulfonamides is 1. The second-order valence-corrected chi connectivity index (χ2v) is 9.57. The summed E-state index contributed by atoms with van der Waals surface area (Å²) in [5.41, 5.74) is 1.30. The van der Waals surface area contributed by atoms with Crippen molar-refractivity contribution >= 4 is 27.3 Å². The number of carbonyl (C=O) groups is 1. The van der Waals surface area contributed by atoms with Crippen LogP contribution in [0.25, 0.3) is 0 Å². The maximum Gasteiger partial charge on any atom is 0.252 e. The van der Waals surface area contributed by atoms with Crippen LogP contribution in [0.4, 0.5) is 0 Å². The van der Waals surface area contributed by atoms with E-state index in [2.05, 4.69) is 11.4 Å². The van der Waals surface area contributed by atoms with Crippen molar-refractivity contribution in [3.63, 3.8) is 0 Å². The summed E-state index contributed by atoms with van der Waals surface area (Å²) in [6, 6.07) is 3.36. The van der Waals surface area contributed by atoms with Crippen molar-refractivity contribution < 1.29 is 13.2 Å². The van der Waals surface area contributed by atoms with Crippen molar-refractivity contribution in [1.29, 1.82) is 0 Å². The van der Waals surface area contributed by atoms with E-state index in [0.717, 1.165) is 25.7 Å². The highest BCUT2D eigenvalue weighted by molar-refractivity contribution is 7.91. The average Bonchev–Trinajstić information content (AvgIpc) is 3.16. The lowest BCUT2D eigenvalue weighted by molar-refractivity contribution is -0.125. The highest BCUT2D eigenvalue weighted by Crippen LogP contribution is 2.26. The van der Waals surface area contributed by atoms with E-state index in [1.165, 1.54) is 34.1 Å². The van der Waals surface area contributed by atoms with Crippen LogP contribution >= 0.6 is 11.3 Å². The van der Waals surface area contributed by atoms with E-state index in [9.17, 15) is 13.2 Å². The van der Waals surface area contributed by atoms with Crippen molar-refractivity contribution in [3.05, 3.63) is 29.2 Å². The summed E-state index contributed by atoms with van der Waals surface area (Å²) in [4.78, 5) is 12.4. The van der Waals surface area contributed by atoms with Gasteiger partial charge in [-0.2, -0.15) is 4.31 Å². The standard InChI is InChI=1S/C17H24N2O3S2/c20-17(18-12-14-6-2-1-3-7-14)15-8-4-10-19(13-15)24(21,22)16-9-5-11-23-16/h5-6,9,11,15H,1-4,7-8,10,12-13H2,(H,18,20)/t15-/m1/s1. The summed E-state index contributed by atoms with van der Waals surface area (Å²) in [6.45, 7) is 1.38. The molecule has 1 atom stereocenters. The van der Waals surface area contributed by atoms with Crippen LogP contribution in [-0.2, 0) is 14.8 Å². The van der Waals surface area contributed by atoms with Gasteiger partial charge in [0.15, 0.2) is 0 Å². The Morgan fingerprint density at radius 1 is 1.33 bits per heavy atom. The van der Waals surface area contributed by atoms with Gasteiger partial charge >= 0.3 is 0 Å². The van der Waals surface area contributed by atoms with Gasteiger partial charge < -0.3 is 5.32 Å². The highest BCUT2D eigenvalue weighted by atomic mass is 32.2. The number of hydrogen-bond donors (Lipinski definition) is 1. The van der Waals surface area contributed by atoms with E-state index >= 15 is 0 Å². The minimum absolute atomic E-state index is 0.0208. The molecule has 1 saturated heterocycles. The first-order valence-electron chi connectivity index (χ1n) is 8.56. The smallest absolute Gasteiger partial charge is 0.252 e. The van der Waals surface area contributed by atoms with E-state index < -0.39 is 10.0 Å². The van der Waals surface area contributed by atoms with Crippen molar-refractivity contribution in [3.8, 4) is 0 Å². The molecule has 3 rings (SSSR count). The molecule has 1 N–H and O–H groups in total. The molecule has 0 bridgehead atoms. The van der Waals surface area contributed by atoms with E-state index in [4.69, 9.17) is 0 Å². The molecule has 5 nitrogen and oxygen atoms in total. The summed E-state index contributed by atoms with van der Waals surface area (Å²) in [5.74, 6) is -0.273. The van der Waals surface area contributed by atoms with Gasteiger partial charge in [0.2, 0.25) is 5.91 Å². The normalized spacial score (nSPS) is 22.8. The van der Waals surface area contributed by atoms with E-state index in [1.54, 1.807) is 17.5 Å². The molecular formula is C17H24N2O3S2. The molecule has 1 aromatic heterocycles. The Bertz CT molecular complexity index is 695. The SMILES string of the molecule is O=C(NCC1=CCCCC1)[C@@H]1CCCN(S(=O)(=O)c2cccs2)C1. The Morgan fingerprint density at radius 3 is 2.92 bits per heavy atom. The van der Waals surface area contributed by atoms with Crippen LogP contribution in [0.1, 0.15) is 38.5 Å². The minimum Gasteiger partial charge on any atom is -0.352 e. The third-order valence-corrected chi connectivity index (χ3v) is 7.96. The van der Waals surface area contributed by atoms with Crippen LogP contribution in [0.2, 0.25) is 0 Å². The maximum absolute atomic E-state index is 12.6. The molecule has 1 aliphatic heterocycles. The lowest BCUT2D eigenvalue weighted by atomic mass is 9.97. The van der Waals surface area contributed by atoms with Crippen LogP contribution in [0, 0.1) is 5.92 Å². The van der Waals surface area contributed by atoms with Gasteiger partial charge in [0.1, 0.15) is 4.21 Å². The Hall–Kier alpha value is -1.18. The second-order valence-electron chi connectivity index (χ2n) is 6.46. The van der Waals surface area contributed by atoms with E-state index in [1.807, 2.05) is 0 Å². The predicted octanol–water partition coefficient (Wildman–Crippen LogP) is 2.77. The number of nitrogens with one attached hydrogen (secondary N) is 1. The molecule has 1 aromatic rings. The molecule has 2 aliphatic rings. The lowest BCUT2D eigenvalue weighted by Gasteiger charge is -2.31. The van der Waals surface area contributed by atoms with Gasteiger partial charge in [-0.3, -0.25) is 4.79 Å². The molecule has 1 aliphatic carbocycles. The third-order valence-electron chi connectivity index (χ3n) is 4.72. The molecule has 24 heavy (non-hydrogen) atoms. The fourth-order valence-electron chi connectivity index (χ4n) is 3.32. The number of piperidine rings is 1. The number of carbonyl (C=O) groups excluding carboxylic acids is 1. The maximum atomic E-state index is 12.6. The summed E-state index contributed by atoms with van der Waals surface area (Å²) in [5, 5.41) is 4.77. The number of hydrogen-bond acceptors (Lipinski definition) is 4. The van der Waals surface area contributed by atoms with Gasteiger partial charge in [0, 0.05) is 19.6 Å². The summed E-state index contributed by atoms with van der Waals surface area (Å²) in [7, 11) is -3.46. The topological polar surface area (TPSA) is 66.5 Å². The van der Waals surface area contributed by atoms with Crippen LogP contribution in [-0.4, -0.2) is 38.3 Å². The molecule has 0 spiro atoms. The molecule has 132 valence electrons. The van der Waals surface area contributed by atoms with Crippen LogP contribution in [0.5, 0.6) is 0 Å². The van der Waals surface area contributed by atoms with E-state index in [-0.39, 0.29) is 18.4 Å². The highest BCUT2D eigenvalue weighted by Gasteiger charge is 2.33. The molecule has 1 amide bonds. The quantitative estimate of drug-likeness (QED) is 0.813. The van der Waals surface area contributed by atoms with Crippen molar-refractivity contribution in [2.45, 2.75) is 42.7 Å². The first-order valence-corrected chi connectivity index (χ1v) is 10.9. The zero-order valence-electron chi connectivity index (χ0n) is 13.7. The molecule has 0 radical (unpaired) electrons. The zero-order chi connectivity index (χ0) is 17.0. The summed E-state index contributed by atoms with van der Waals surface area (Å²) in [6.07, 6.45) is 8.28. The molecule has 0 aromatic carbocycles. The lowest BCUT2D eigenvalue weighted by Crippen LogP contribution is -2.45. The zero-order valence-corrected chi connectivity index (χ0v) is 15.4. The van der Waals surface area contributed by atoms with Gasteiger partial charge in [-0.15, -0.1) is 11.3 Å².